The van der Waals surface area contributed by atoms with Crippen molar-refractivity contribution >= 4 is 28.9 Å². The van der Waals surface area contributed by atoms with Crippen LogP contribution in [0.5, 0.6) is 11.5 Å². The van der Waals surface area contributed by atoms with Crippen molar-refractivity contribution in [3.05, 3.63) is 75.1 Å². The molecule has 1 aromatic heterocycles. The molecule has 0 atom stereocenters. The third-order valence-corrected chi connectivity index (χ3v) is 3.86. The van der Waals surface area contributed by atoms with Crippen molar-refractivity contribution in [1.29, 1.82) is 0 Å². The molecule has 0 bridgehead atoms. The van der Waals surface area contributed by atoms with Crippen LogP contribution in [0.25, 0.3) is 0 Å². The minimum Gasteiger partial charge on any atom is -0.457 e. The third kappa shape index (κ3) is 4.82. The van der Waals surface area contributed by atoms with Crippen molar-refractivity contribution in [2.45, 2.75) is 6.18 Å². The van der Waals surface area contributed by atoms with Gasteiger partial charge in [0.05, 0.1) is 33.5 Å². The number of carbonyl (C=O) groups excluding carboxylic acids is 1. The number of aromatic nitrogens is 2. The van der Waals surface area contributed by atoms with Crippen LogP contribution >= 0.6 is 11.6 Å². The number of anilines is 1. The topological polar surface area (TPSA) is 110 Å². The Labute approximate surface area is 165 Å². The summed E-state index contributed by atoms with van der Waals surface area (Å²) in [6, 6.07) is 7.30. The van der Waals surface area contributed by atoms with Crippen LogP contribution in [0.3, 0.4) is 0 Å². The van der Waals surface area contributed by atoms with E-state index in [0.717, 1.165) is 30.3 Å². The molecule has 29 heavy (non-hydrogen) atoms. The number of nitrogens with one attached hydrogen (secondary N) is 2. The average molecular weight is 427 g/mol. The van der Waals surface area contributed by atoms with E-state index in [1.807, 2.05) is 0 Å². The molecule has 3 aromatic rings. The summed E-state index contributed by atoms with van der Waals surface area (Å²) in [5, 5.41) is 19.5. The van der Waals surface area contributed by atoms with Gasteiger partial charge in [0.15, 0.2) is 0 Å². The second kappa shape index (κ2) is 7.80. The smallest absolute Gasteiger partial charge is 0.416 e. The van der Waals surface area contributed by atoms with Gasteiger partial charge in [0.1, 0.15) is 17.2 Å². The first-order valence-electron chi connectivity index (χ1n) is 7.78. The number of carbonyl (C=O) groups is 1. The Balaban J connectivity index is 1.90. The van der Waals surface area contributed by atoms with Gasteiger partial charge in [-0.3, -0.25) is 20.0 Å². The summed E-state index contributed by atoms with van der Waals surface area (Å²) in [5.41, 5.74) is -1.49. The molecule has 12 heteroatoms. The molecule has 0 unspecified atom stereocenters. The van der Waals surface area contributed by atoms with Crippen molar-refractivity contribution in [2.75, 3.05) is 5.32 Å². The highest BCUT2D eigenvalue weighted by Gasteiger charge is 2.30. The minimum absolute atomic E-state index is 0.0307. The van der Waals surface area contributed by atoms with Crippen molar-refractivity contribution in [3.63, 3.8) is 0 Å². The number of nitrogens with zero attached hydrogens (tertiary/aromatic N) is 2. The van der Waals surface area contributed by atoms with Gasteiger partial charge in [0.2, 0.25) is 0 Å². The third-order valence-electron chi connectivity index (χ3n) is 3.58. The molecule has 0 saturated carbocycles. The number of nitro benzene ring substituents is 1. The van der Waals surface area contributed by atoms with E-state index >= 15 is 0 Å². The summed E-state index contributed by atoms with van der Waals surface area (Å²) in [4.78, 5) is 22.6. The van der Waals surface area contributed by atoms with Crippen LogP contribution in [0.1, 0.15) is 16.1 Å². The number of hydrogen-bond acceptors (Lipinski definition) is 5. The van der Waals surface area contributed by atoms with Gasteiger partial charge in [-0.2, -0.15) is 18.3 Å². The molecule has 8 nitrogen and oxygen atoms in total. The van der Waals surface area contributed by atoms with E-state index in [-0.39, 0.29) is 27.9 Å². The van der Waals surface area contributed by atoms with Gasteiger partial charge < -0.3 is 10.1 Å². The number of alkyl halides is 3. The summed E-state index contributed by atoms with van der Waals surface area (Å²) in [6.45, 7) is 0. The molecule has 0 fully saturated rings. The van der Waals surface area contributed by atoms with E-state index < -0.39 is 28.3 Å². The summed E-state index contributed by atoms with van der Waals surface area (Å²) < 4.78 is 43.9. The zero-order valence-electron chi connectivity index (χ0n) is 14.2. The number of halogens is 4. The first kappa shape index (κ1) is 20.1. The summed E-state index contributed by atoms with van der Waals surface area (Å²) in [7, 11) is 0. The van der Waals surface area contributed by atoms with Gasteiger partial charge >= 0.3 is 6.18 Å². The van der Waals surface area contributed by atoms with Gasteiger partial charge in [-0.05, 0) is 18.2 Å². The molecule has 1 amide bonds. The van der Waals surface area contributed by atoms with E-state index in [9.17, 15) is 28.1 Å². The molecule has 0 aliphatic carbocycles. The highest BCUT2D eigenvalue weighted by atomic mass is 35.5. The first-order chi connectivity index (χ1) is 13.6. The molecule has 2 N–H and O–H groups in total. The lowest BCUT2D eigenvalue weighted by Gasteiger charge is -2.11. The zero-order valence-corrected chi connectivity index (χ0v) is 14.9. The molecular formula is C17H10ClF3N4O4. The van der Waals surface area contributed by atoms with Gasteiger partial charge in [-0.15, -0.1) is 0 Å². The SMILES string of the molecule is O=C(Nc1cc(Oc2cccc(C(F)(F)F)c2)cc([N+](=O)[O-])c1)c1[nH]ncc1Cl. The molecule has 0 saturated heterocycles. The van der Waals surface area contributed by atoms with E-state index in [1.165, 1.54) is 18.3 Å². The second-order valence-corrected chi connectivity index (χ2v) is 6.05. The molecule has 0 aliphatic rings. The number of non-ortho nitro benzene ring substituents is 1. The maximum Gasteiger partial charge on any atom is 0.416 e. The number of ether oxygens (including phenoxy) is 1. The average Bonchev–Trinajstić information content (AvgIpc) is 3.07. The van der Waals surface area contributed by atoms with Crippen LogP contribution in [0.2, 0.25) is 5.02 Å². The maximum atomic E-state index is 12.8. The number of H-pyrrole nitrogens is 1. The summed E-state index contributed by atoms with van der Waals surface area (Å²) in [5.74, 6) is -1.06. The Morgan fingerprint density at radius 2 is 1.97 bits per heavy atom. The Bertz CT molecular complexity index is 1080. The zero-order chi connectivity index (χ0) is 21.2. The molecule has 1 heterocycles. The molecule has 0 spiro atoms. The monoisotopic (exact) mass is 426 g/mol. The van der Waals surface area contributed by atoms with Crippen molar-refractivity contribution in [2.24, 2.45) is 0 Å². The fraction of sp³-hybridized carbons (Fsp3) is 0.0588. The number of rotatable bonds is 5. The van der Waals surface area contributed by atoms with Gasteiger partial charge in [-0.25, -0.2) is 0 Å². The quantitative estimate of drug-likeness (QED) is 0.439. The van der Waals surface area contributed by atoms with E-state index in [2.05, 4.69) is 15.5 Å². The Hall–Kier alpha value is -3.60. The number of benzene rings is 2. The van der Waals surface area contributed by atoms with Crippen LogP contribution in [0, 0.1) is 10.1 Å². The van der Waals surface area contributed by atoms with Crippen LogP contribution < -0.4 is 10.1 Å². The molecule has 2 aromatic carbocycles. The second-order valence-electron chi connectivity index (χ2n) is 5.65. The highest BCUT2D eigenvalue weighted by Crippen LogP contribution is 2.34. The maximum absolute atomic E-state index is 12.8. The van der Waals surface area contributed by atoms with Crippen LogP contribution in [0.15, 0.2) is 48.7 Å². The minimum atomic E-state index is -4.58. The lowest BCUT2D eigenvalue weighted by molar-refractivity contribution is -0.384. The van der Waals surface area contributed by atoms with Crippen molar-refractivity contribution in [1.82, 2.24) is 10.2 Å². The van der Waals surface area contributed by atoms with Gasteiger partial charge in [0, 0.05) is 12.1 Å². The van der Waals surface area contributed by atoms with Gasteiger partial charge in [-0.1, -0.05) is 17.7 Å². The largest absolute Gasteiger partial charge is 0.457 e. The van der Waals surface area contributed by atoms with Crippen molar-refractivity contribution in [3.8, 4) is 11.5 Å². The van der Waals surface area contributed by atoms with E-state index in [0.29, 0.717) is 0 Å². The summed E-state index contributed by atoms with van der Waals surface area (Å²) in [6.07, 6.45) is -3.38. The van der Waals surface area contributed by atoms with E-state index in [1.54, 1.807) is 0 Å². The lowest BCUT2D eigenvalue weighted by Crippen LogP contribution is -2.13. The van der Waals surface area contributed by atoms with Crippen molar-refractivity contribution < 1.29 is 27.6 Å². The van der Waals surface area contributed by atoms with Crippen LogP contribution in [0.4, 0.5) is 24.5 Å². The Kier molecular flexibility index (Phi) is 5.41. The number of hydrogen-bond donors (Lipinski definition) is 2. The standard InChI is InChI=1S/C17H10ClF3N4O4/c18-14-8-22-24-15(14)16(26)23-10-5-11(25(27)28)7-13(6-10)29-12-3-1-2-9(4-12)17(19,20)21/h1-8H,(H,22,24)(H,23,26). The Morgan fingerprint density at radius 1 is 1.21 bits per heavy atom. The normalized spacial score (nSPS) is 11.2. The number of aromatic amines is 1. The Morgan fingerprint density at radius 3 is 2.59 bits per heavy atom. The lowest BCUT2D eigenvalue weighted by atomic mass is 10.2. The van der Waals surface area contributed by atoms with Crippen LogP contribution in [-0.4, -0.2) is 21.0 Å². The summed E-state index contributed by atoms with van der Waals surface area (Å²) >= 11 is 5.79. The molecule has 150 valence electrons. The fourth-order valence-electron chi connectivity index (χ4n) is 2.32. The molecule has 0 aliphatic heterocycles. The predicted molar refractivity (Wildman–Crippen MR) is 96.2 cm³/mol. The van der Waals surface area contributed by atoms with Gasteiger partial charge in [0.25, 0.3) is 11.6 Å². The first-order valence-corrected chi connectivity index (χ1v) is 8.16. The molecular weight excluding hydrogens is 417 g/mol. The predicted octanol–water partition coefficient (Wildman–Crippen LogP) is 5.03. The molecule has 3 rings (SSSR count). The fourth-order valence-corrected chi connectivity index (χ4v) is 2.49. The highest BCUT2D eigenvalue weighted by molar-refractivity contribution is 6.34. The van der Waals surface area contributed by atoms with Crippen LogP contribution in [-0.2, 0) is 6.18 Å². The molecule has 0 radical (unpaired) electrons. The number of nitro groups is 1. The number of amides is 1. The van der Waals surface area contributed by atoms with E-state index in [4.69, 9.17) is 16.3 Å².